The Morgan fingerprint density at radius 1 is 0.294 bits per heavy atom. The predicted molar refractivity (Wildman–Crippen MR) is 77.8 cm³/mol. The zero-order valence-electron chi connectivity index (χ0n) is 11.5. The van der Waals surface area contributed by atoms with Crippen molar-refractivity contribution in [3.8, 4) is 0 Å². The van der Waals surface area contributed by atoms with Crippen LogP contribution in [0.25, 0.3) is 0 Å². The molecule has 0 unspecified atom stereocenters. The molecule has 0 aliphatic rings. The molecule has 17 heavy (non-hydrogen) atoms. The molecule has 0 aromatic heterocycles. The van der Waals surface area contributed by atoms with E-state index in [4.69, 9.17) is 22.9 Å². The van der Waals surface area contributed by atoms with Gasteiger partial charge in [-0.3, -0.25) is 0 Å². The molecule has 0 aromatic rings. The second-order valence-electron chi connectivity index (χ2n) is 4.34. The van der Waals surface area contributed by atoms with Crippen LogP contribution < -0.4 is 22.9 Å². The predicted octanol–water partition coefficient (Wildman–Crippen LogP) is 1.32. The van der Waals surface area contributed by atoms with Crippen molar-refractivity contribution >= 4 is 0 Å². The molecule has 0 aliphatic heterocycles. The van der Waals surface area contributed by atoms with Crippen LogP contribution >= 0.6 is 0 Å². The van der Waals surface area contributed by atoms with Crippen LogP contribution in [-0.4, -0.2) is 26.2 Å². The Kier molecular flexibility index (Phi) is 23.9. The summed E-state index contributed by atoms with van der Waals surface area (Å²) in [6, 6.07) is 0. The molecular formula is C13H34N4. The van der Waals surface area contributed by atoms with Gasteiger partial charge in [-0.05, 0) is 51.9 Å². The summed E-state index contributed by atoms with van der Waals surface area (Å²) < 4.78 is 0. The molecule has 0 aromatic carbocycles. The average molecular weight is 246 g/mol. The second kappa shape index (κ2) is 21.2. The van der Waals surface area contributed by atoms with E-state index < -0.39 is 0 Å². The highest BCUT2D eigenvalue weighted by Gasteiger charge is 1.86. The van der Waals surface area contributed by atoms with E-state index in [9.17, 15) is 0 Å². The third kappa shape index (κ3) is 25.8. The summed E-state index contributed by atoms with van der Waals surface area (Å²) >= 11 is 0. The lowest BCUT2D eigenvalue weighted by atomic mass is 10.1. The number of hydrogen-bond acceptors (Lipinski definition) is 4. The lowest BCUT2D eigenvalue weighted by Crippen LogP contribution is -2.00. The summed E-state index contributed by atoms with van der Waals surface area (Å²) in [7, 11) is 0. The van der Waals surface area contributed by atoms with Crippen LogP contribution in [0.2, 0.25) is 0 Å². The van der Waals surface area contributed by atoms with E-state index in [1.54, 1.807) is 0 Å². The average Bonchev–Trinajstić information content (AvgIpc) is 2.36. The van der Waals surface area contributed by atoms with Gasteiger partial charge in [-0.1, -0.05) is 32.1 Å². The van der Waals surface area contributed by atoms with Gasteiger partial charge in [0.05, 0.1) is 0 Å². The van der Waals surface area contributed by atoms with Crippen molar-refractivity contribution in [2.45, 2.75) is 57.8 Å². The monoisotopic (exact) mass is 246 g/mol. The van der Waals surface area contributed by atoms with Crippen molar-refractivity contribution in [3.63, 3.8) is 0 Å². The molecule has 0 heterocycles. The number of hydrogen-bond donors (Lipinski definition) is 4. The van der Waals surface area contributed by atoms with Crippen molar-refractivity contribution in [2.24, 2.45) is 22.9 Å². The molecule has 8 N–H and O–H groups in total. The molecule has 0 aliphatic carbocycles. The highest BCUT2D eigenvalue weighted by atomic mass is 14.5. The highest BCUT2D eigenvalue weighted by Crippen LogP contribution is 2.00. The zero-order chi connectivity index (χ0) is 13.2. The lowest BCUT2D eigenvalue weighted by Gasteiger charge is -1.96. The van der Waals surface area contributed by atoms with Gasteiger partial charge in [0.2, 0.25) is 0 Å². The molecule has 0 spiro atoms. The van der Waals surface area contributed by atoms with Crippen LogP contribution in [0.1, 0.15) is 57.8 Å². The molecule has 0 saturated carbocycles. The van der Waals surface area contributed by atoms with E-state index in [0.717, 1.165) is 39.0 Å². The molecule has 0 saturated heterocycles. The van der Waals surface area contributed by atoms with Crippen molar-refractivity contribution in [1.29, 1.82) is 0 Å². The van der Waals surface area contributed by atoms with Gasteiger partial charge in [-0.25, -0.2) is 0 Å². The maximum Gasteiger partial charge on any atom is -0.00773 e. The Bertz CT molecular complexity index is 97.6. The first-order valence-corrected chi connectivity index (χ1v) is 7.13. The first-order chi connectivity index (χ1) is 8.33. The first-order valence-electron chi connectivity index (χ1n) is 7.13. The summed E-state index contributed by atoms with van der Waals surface area (Å²) in [6.07, 6.45) is 11.0. The smallest absolute Gasteiger partial charge is 0.00773 e. The van der Waals surface area contributed by atoms with Crippen LogP contribution in [0.15, 0.2) is 0 Å². The molecule has 0 rings (SSSR count). The maximum atomic E-state index is 5.32. The van der Waals surface area contributed by atoms with Gasteiger partial charge in [-0.2, -0.15) is 0 Å². The molecule has 0 atom stereocenters. The van der Waals surface area contributed by atoms with Gasteiger partial charge >= 0.3 is 0 Å². The fourth-order valence-corrected chi connectivity index (χ4v) is 1.46. The van der Waals surface area contributed by atoms with Gasteiger partial charge in [0.15, 0.2) is 0 Å². The molecule has 0 radical (unpaired) electrons. The molecule has 0 fully saturated rings. The number of rotatable bonds is 11. The summed E-state index contributed by atoms with van der Waals surface area (Å²) in [5.41, 5.74) is 21.2. The van der Waals surface area contributed by atoms with Gasteiger partial charge < -0.3 is 22.9 Å². The van der Waals surface area contributed by atoms with E-state index in [0.29, 0.717) is 0 Å². The number of nitrogens with two attached hydrogens (primary N) is 4. The highest BCUT2D eigenvalue weighted by molar-refractivity contribution is 4.44. The van der Waals surface area contributed by atoms with Crippen LogP contribution in [0, 0.1) is 0 Å². The van der Waals surface area contributed by atoms with Crippen molar-refractivity contribution in [2.75, 3.05) is 26.2 Å². The van der Waals surface area contributed by atoms with Crippen LogP contribution in [0.4, 0.5) is 0 Å². The van der Waals surface area contributed by atoms with Crippen molar-refractivity contribution in [1.82, 2.24) is 0 Å². The fraction of sp³-hybridized carbons (Fsp3) is 1.00. The standard InChI is InChI=1S/C7H18N2.C6H16N2/c8-6-4-2-1-3-5-7-9;7-5-3-1-2-4-6-8/h1-9H2;1-8H2. The molecule has 4 nitrogen and oxygen atoms in total. The maximum absolute atomic E-state index is 5.32. The molecule has 4 heteroatoms. The van der Waals surface area contributed by atoms with Gasteiger partial charge in [0.1, 0.15) is 0 Å². The summed E-state index contributed by atoms with van der Waals surface area (Å²) in [5.74, 6) is 0. The van der Waals surface area contributed by atoms with Gasteiger partial charge in [-0.15, -0.1) is 0 Å². The Balaban J connectivity index is 0. The minimum Gasteiger partial charge on any atom is -0.330 e. The summed E-state index contributed by atoms with van der Waals surface area (Å²) in [5, 5.41) is 0. The van der Waals surface area contributed by atoms with Crippen molar-refractivity contribution in [3.05, 3.63) is 0 Å². The van der Waals surface area contributed by atoms with E-state index in [1.165, 1.54) is 44.9 Å². The van der Waals surface area contributed by atoms with Gasteiger partial charge in [0.25, 0.3) is 0 Å². The molecule has 0 amide bonds. The lowest BCUT2D eigenvalue weighted by molar-refractivity contribution is 0.623. The fourth-order valence-electron chi connectivity index (χ4n) is 1.46. The van der Waals surface area contributed by atoms with Gasteiger partial charge in [0, 0.05) is 0 Å². The van der Waals surface area contributed by atoms with E-state index in [2.05, 4.69) is 0 Å². The van der Waals surface area contributed by atoms with Crippen LogP contribution in [-0.2, 0) is 0 Å². The number of unbranched alkanes of at least 4 members (excludes halogenated alkanes) is 7. The van der Waals surface area contributed by atoms with Crippen molar-refractivity contribution < 1.29 is 0 Å². The Labute approximate surface area is 107 Å². The molecule has 0 bridgehead atoms. The minimum atomic E-state index is 0.824. The van der Waals surface area contributed by atoms with E-state index in [1.807, 2.05) is 0 Å². The largest absolute Gasteiger partial charge is 0.330 e. The Morgan fingerprint density at radius 2 is 0.471 bits per heavy atom. The Hall–Kier alpha value is -0.160. The third-order valence-corrected chi connectivity index (χ3v) is 2.57. The van der Waals surface area contributed by atoms with E-state index >= 15 is 0 Å². The molecule has 106 valence electrons. The normalized spacial score (nSPS) is 9.88. The van der Waals surface area contributed by atoms with E-state index in [-0.39, 0.29) is 0 Å². The minimum absolute atomic E-state index is 0.824. The third-order valence-electron chi connectivity index (χ3n) is 2.57. The quantitative estimate of drug-likeness (QED) is 0.413. The zero-order valence-corrected chi connectivity index (χ0v) is 11.5. The van der Waals surface area contributed by atoms with Crippen LogP contribution in [0.3, 0.4) is 0 Å². The SMILES string of the molecule is NCCCCCCCN.NCCCCCCN. The first kappa shape index (κ1) is 19.2. The van der Waals surface area contributed by atoms with Crippen LogP contribution in [0.5, 0.6) is 0 Å². The second-order valence-corrected chi connectivity index (χ2v) is 4.34. The molecular weight excluding hydrogens is 212 g/mol. The Morgan fingerprint density at radius 3 is 0.647 bits per heavy atom. The topological polar surface area (TPSA) is 104 Å². The summed E-state index contributed by atoms with van der Waals surface area (Å²) in [4.78, 5) is 0. The summed E-state index contributed by atoms with van der Waals surface area (Å²) in [6.45, 7) is 3.32.